The van der Waals surface area contributed by atoms with Gasteiger partial charge in [0.2, 0.25) is 0 Å². The molecule has 0 saturated carbocycles. The van der Waals surface area contributed by atoms with Crippen LogP contribution in [0.2, 0.25) is 0 Å². The first-order valence-electron chi connectivity index (χ1n) is 15.1. The van der Waals surface area contributed by atoms with Gasteiger partial charge in [-0.1, -0.05) is 60.7 Å². The number of amides is 4. The van der Waals surface area contributed by atoms with Crippen molar-refractivity contribution >= 4 is 30.2 Å². The lowest BCUT2D eigenvalue weighted by atomic mass is 10.1. The fourth-order valence-electron chi connectivity index (χ4n) is 3.77. The quantitative estimate of drug-likeness (QED) is 0.118. The first-order chi connectivity index (χ1) is 21.6. The van der Waals surface area contributed by atoms with Gasteiger partial charge in [0.15, 0.2) is 0 Å². The van der Waals surface area contributed by atoms with Gasteiger partial charge in [0.1, 0.15) is 37.0 Å². The number of hydrazine groups is 1. The van der Waals surface area contributed by atoms with E-state index >= 15 is 0 Å². The van der Waals surface area contributed by atoms with Crippen molar-refractivity contribution in [1.29, 1.82) is 0 Å². The van der Waals surface area contributed by atoms with Gasteiger partial charge in [-0.2, -0.15) is 0 Å². The summed E-state index contributed by atoms with van der Waals surface area (Å²) in [6.07, 6.45) is -0.565. The normalized spacial score (nSPS) is 11.8. The third kappa shape index (κ3) is 16.3. The van der Waals surface area contributed by atoms with Crippen LogP contribution in [0.25, 0.3) is 0 Å². The van der Waals surface area contributed by atoms with Crippen LogP contribution in [0.4, 0.5) is 14.4 Å². The second-order valence-corrected chi connectivity index (χ2v) is 12.4. The number of nitrogens with one attached hydrogen (secondary N) is 3. The van der Waals surface area contributed by atoms with Crippen LogP contribution in [0.5, 0.6) is 0 Å². The van der Waals surface area contributed by atoms with Crippen LogP contribution >= 0.6 is 0 Å². The third-order valence-corrected chi connectivity index (χ3v) is 5.79. The molecule has 0 saturated heterocycles. The van der Waals surface area contributed by atoms with Crippen molar-refractivity contribution in [3.05, 3.63) is 71.8 Å². The van der Waals surface area contributed by atoms with Gasteiger partial charge in [-0.15, -0.1) is 0 Å². The molecule has 13 nitrogen and oxygen atoms in total. The van der Waals surface area contributed by atoms with E-state index in [0.29, 0.717) is 17.9 Å². The number of hydrogen-bond donors (Lipinski definition) is 3. The van der Waals surface area contributed by atoms with Crippen molar-refractivity contribution < 1.29 is 42.9 Å². The first kappa shape index (κ1) is 37.4. The van der Waals surface area contributed by atoms with Gasteiger partial charge in [0, 0.05) is 6.54 Å². The Morgan fingerprint density at radius 3 is 1.80 bits per heavy atom. The number of esters is 2. The molecule has 3 N–H and O–H groups in total. The molecule has 0 spiro atoms. The highest BCUT2D eigenvalue weighted by atomic mass is 16.6. The summed E-state index contributed by atoms with van der Waals surface area (Å²) < 4.78 is 21.2. The lowest BCUT2D eigenvalue weighted by molar-refractivity contribution is -0.157. The van der Waals surface area contributed by atoms with E-state index in [1.54, 1.807) is 65.8 Å². The minimum Gasteiger partial charge on any atom is -0.459 e. The predicted molar refractivity (Wildman–Crippen MR) is 169 cm³/mol. The number of carbonyl (C=O) groups excluding carboxylic acids is 5. The molecule has 0 aliphatic rings. The molecule has 252 valence electrons. The van der Waals surface area contributed by atoms with E-state index in [9.17, 15) is 24.0 Å². The Kier molecular flexibility index (Phi) is 14.8. The molecule has 0 aliphatic carbocycles. The number of urea groups is 1. The van der Waals surface area contributed by atoms with Crippen molar-refractivity contribution in [1.82, 2.24) is 21.1 Å². The molecule has 2 aromatic carbocycles. The molecule has 0 heterocycles. The molecular weight excluding hydrogens is 596 g/mol. The van der Waals surface area contributed by atoms with Crippen molar-refractivity contribution in [2.75, 3.05) is 13.1 Å². The smallest absolute Gasteiger partial charge is 0.426 e. The van der Waals surface area contributed by atoms with Gasteiger partial charge >= 0.3 is 30.2 Å². The highest BCUT2D eigenvalue weighted by Gasteiger charge is 2.30. The van der Waals surface area contributed by atoms with Crippen LogP contribution in [0, 0.1) is 0 Å². The molecule has 0 aliphatic heterocycles. The summed E-state index contributed by atoms with van der Waals surface area (Å²) in [5.74, 6) is -1.52. The number of carbonyl (C=O) groups is 5. The predicted octanol–water partition coefficient (Wildman–Crippen LogP) is 4.99. The van der Waals surface area contributed by atoms with Crippen molar-refractivity contribution in [2.45, 2.75) is 91.3 Å². The second-order valence-electron chi connectivity index (χ2n) is 12.4. The first-order valence-corrected chi connectivity index (χ1v) is 15.1. The Labute approximate surface area is 270 Å². The van der Waals surface area contributed by atoms with E-state index in [2.05, 4.69) is 16.1 Å². The molecule has 46 heavy (non-hydrogen) atoms. The zero-order valence-electron chi connectivity index (χ0n) is 27.4. The number of rotatable bonds is 13. The molecule has 1 atom stereocenters. The summed E-state index contributed by atoms with van der Waals surface area (Å²) in [7, 11) is 0. The topological polar surface area (TPSA) is 162 Å². The van der Waals surface area contributed by atoms with E-state index in [-0.39, 0.29) is 26.2 Å². The molecule has 0 bridgehead atoms. The summed E-state index contributed by atoms with van der Waals surface area (Å²) in [5, 5.41) is 5.88. The zero-order valence-corrected chi connectivity index (χ0v) is 27.4. The molecule has 0 fully saturated rings. The Morgan fingerprint density at radius 1 is 0.717 bits per heavy atom. The molecule has 2 aromatic rings. The molecule has 0 unspecified atom stereocenters. The maximum Gasteiger partial charge on any atom is 0.426 e. The Balaban J connectivity index is 2.01. The summed E-state index contributed by atoms with van der Waals surface area (Å²) in [6.45, 7) is 9.67. The van der Waals surface area contributed by atoms with E-state index in [1.807, 2.05) is 36.4 Å². The summed E-state index contributed by atoms with van der Waals surface area (Å²) >= 11 is 0. The number of unbranched alkanes of at least 4 members (excludes halogenated alkanes) is 1. The van der Waals surface area contributed by atoms with E-state index in [4.69, 9.17) is 18.9 Å². The number of ether oxygens (including phenoxy) is 4. The van der Waals surface area contributed by atoms with Crippen LogP contribution in [0.3, 0.4) is 0 Å². The molecule has 13 heteroatoms. The zero-order chi connectivity index (χ0) is 34.2. The van der Waals surface area contributed by atoms with E-state index in [0.717, 1.165) is 11.1 Å². The van der Waals surface area contributed by atoms with Gasteiger partial charge in [0.05, 0.1) is 0 Å². The minimum atomic E-state index is -1.14. The van der Waals surface area contributed by atoms with Gasteiger partial charge in [-0.25, -0.2) is 29.6 Å². The maximum absolute atomic E-state index is 13.4. The fraction of sp³-hybridized carbons (Fsp3) is 0.485. The maximum atomic E-state index is 13.4. The van der Waals surface area contributed by atoms with Crippen LogP contribution in [-0.4, -0.2) is 65.5 Å². The van der Waals surface area contributed by atoms with Crippen molar-refractivity contribution in [3.8, 4) is 0 Å². The molecule has 0 radical (unpaired) electrons. The number of hydrogen-bond acceptors (Lipinski definition) is 9. The number of alkyl carbamates (subject to hydrolysis) is 1. The molecule has 2 rings (SSSR count). The van der Waals surface area contributed by atoms with Crippen LogP contribution < -0.4 is 16.1 Å². The summed E-state index contributed by atoms with van der Waals surface area (Å²) in [6, 6.07) is 16.1. The molecule has 0 aromatic heterocycles. The Hall–Kier alpha value is -4.81. The average Bonchev–Trinajstić information content (AvgIpc) is 2.97. The second kappa shape index (κ2) is 18.2. The van der Waals surface area contributed by atoms with Crippen molar-refractivity contribution in [2.24, 2.45) is 0 Å². The third-order valence-electron chi connectivity index (χ3n) is 5.79. The minimum absolute atomic E-state index is 0.0457. The van der Waals surface area contributed by atoms with Crippen LogP contribution in [0.15, 0.2) is 60.7 Å². The SMILES string of the molecule is CC(C)(C)OC(=O)NN(CC(=O)OCc1ccccc1)C(=O)N[C@@H](CCCCNC(=O)OCc1ccccc1)C(=O)OC(C)(C)C. The number of nitrogens with zero attached hydrogens (tertiary/aromatic N) is 1. The molecular formula is C33H46N4O9. The van der Waals surface area contributed by atoms with Gasteiger partial charge < -0.3 is 29.6 Å². The monoisotopic (exact) mass is 642 g/mol. The van der Waals surface area contributed by atoms with Crippen LogP contribution in [-0.2, 0) is 41.8 Å². The van der Waals surface area contributed by atoms with Gasteiger partial charge in [0.25, 0.3) is 0 Å². The van der Waals surface area contributed by atoms with E-state index in [1.165, 1.54) is 0 Å². The van der Waals surface area contributed by atoms with Gasteiger partial charge in [-0.3, -0.25) is 4.79 Å². The lowest BCUT2D eigenvalue weighted by Crippen LogP contribution is -2.57. The van der Waals surface area contributed by atoms with E-state index < -0.39 is 53.9 Å². The lowest BCUT2D eigenvalue weighted by Gasteiger charge is -2.28. The highest BCUT2D eigenvalue weighted by Crippen LogP contribution is 2.13. The Morgan fingerprint density at radius 2 is 1.26 bits per heavy atom. The average molecular weight is 643 g/mol. The summed E-state index contributed by atoms with van der Waals surface area (Å²) in [4.78, 5) is 63.6. The van der Waals surface area contributed by atoms with Crippen molar-refractivity contribution in [3.63, 3.8) is 0 Å². The van der Waals surface area contributed by atoms with Gasteiger partial charge in [-0.05, 0) is 71.9 Å². The Bertz CT molecular complexity index is 1280. The molecule has 4 amide bonds. The number of benzene rings is 2. The fourth-order valence-corrected chi connectivity index (χ4v) is 3.77. The standard InChI is InChI=1S/C33H46N4O9/c1-32(2,3)45-28(39)26(19-13-14-20-34-30(41)44-23-25-17-11-8-12-18-25)35-29(40)37(36-31(42)46-33(4,5)6)21-27(38)43-22-24-15-9-7-10-16-24/h7-12,15-18,26H,13-14,19-23H2,1-6H3,(H,34,41)(H,35,40)(H,36,42)/t26-/m0/s1. The highest BCUT2D eigenvalue weighted by molar-refractivity contribution is 5.87. The summed E-state index contributed by atoms with van der Waals surface area (Å²) in [5.41, 5.74) is 2.11. The largest absolute Gasteiger partial charge is 0.459 e. The van der Waals surface area contributed by atoms with Crippen LogP contribution in [0.1, 0.15) is 71.9 Å².